The van der Waals surface area contributed by atoms with Crippen molar-refractivity contribution in [2.75, 3.05) is 5.73 Å². The number of nitrogens with two attached hydrogens (primary N) is 1. The molecule has 24 heavy (non-hydrogen) atoms. The Balaban J connectivity index is 2.02. The predicted molar refractivity (Wildman–Crippen MR) is 93.0 cm³/mol. The molecule has 120 valence electrons. The lowest BCUT2D eigenvalue weighted by molar-refractivity contribution is 0.596. The number of anilines is 1. The molecule has 0 aliphatic rings. The molecule has 0 bridgehead atoms. The summed E-state index contributed by atoms with van der Waals surface area (Å²) in [6.07, 6.45) is 0.601. The van der Waals surface area contributed by atoms with E-state index in [1.165, 1.54) is 11.6 Å². The van der Waals surface area contributed by atoms with E-state index in [0.717, 1.165) is 11.3 Å². The number of aryl methyl sites for hydroxylation is 1. The van der Waals surface area contributed by atoms with E-state index >= 15 is 0 Å². The van der Waals surface area contributed by atoms with Crippen molar-refractivity contribution in [3.63, 3.8) is 0 Å². The molecule has 2 N–H and O–H groups in total. The summed E-state index contributed by atoms with van der Waals surface area (Å²) in [4.78, 5) is 0. The molecule has 0 saturated heterocycles. The zero-order valence-corrected chi connectivity index (χ0v) is 13.5. The molecule has 0 fully saturated rings. The molecule has 3 rings (SSSR count). The fraction of sp³-hybridized carbons (Fsp3) is 0.150. The molecule has 3 aromatic rings. The minimum absolute atomic E-state index is 0.282. The molecule has 1 heterocycles. The first-order valence-corrected chi connectivity index (χ1v) is 7.75. The van der Waals surface area contributed by atoms with E-state index in [1.807, 2.05) is 25.1 Å². The van der Waals surface area contributed by atoms with Crippen LogP contribution in [0, 0.1) is 24.1 Å². The van der Waals surface area contributed by atoms with Crippen LogP contribution < -0.4 is 5.73 Å². The second kappa shape index (κ2) is 6.59. The van der Waals surface area contributed by atoms with Crippen LogP contribution in [0.3, 0.4) is 0 Å². The molecule has 0 spiro atoms. The first kappa shape index (κ1) is 15.8. The van der Waals surface area contributed by atoms with Crippen LogP contribution in [-0.4, -0.2) is 4.57 Å². The largest absolute Gasteiger partial charge is 0.397 e. The summed E-state index contributed by atoms with van der Waals surface area (Å²) in [6.45, 7) is 2.32. The summed E-state index contributed by atoms with van der Waals surface area (Å²) in [5.74, 6) is -0.282. The van der Waals surface area contributed by atoms with Gasteiger partial charge in [0, 0.05) is 17.7 Å². The number of hydrogen-bond acceptors (Lipinski definition) is 2. The molecule has 0 saturated carbocycles. The maximum atomic E-state index is 14.0. The van der Waals surface area contributed by atoms with Crippen LogP contribution in [0.4, 0.5) is 10.1 Å². The van der Waals surface area contributed by atoms with E-state index in [0.29, 0.717) is 23.4 Å². The van der Waals surface area contributed by atoms with Gasteiger partial charge in [-0.15, -0.1) is 0 Å². The average molecular weight is 319 g/mol. The van der Waals surface area contributed by atoms with Gasteiger partial charge in [-0.05, 0) is 24.6 Å². The van der Waals surface area contributed by atoms with Crippen molar-refractivity contribution in [1.82, 2.24) is 4.57 Å². The fourth-order valence-corrected chi connectivity index (χ4v) is 2.89. The van der Waals surface area contributed by atoms with Crippen molar-refractivity contribution in [2.24, 2.45) is 0 Å². The van der Waals surface area contributed by atoms with Crippen molar-refractivity contribution in [2.45, 2.75) is 19.9 Å². The van der Waals surface area contributed by atoms with E-state index in [4.69, 9.17) is 5.73 Å². The van der Waals surface area contributed by atoms with Crippen molar-refractivity contribution in [1.29, 1.82) is 5.26 Å². The van der Waals surface area contributed by atoms with E-state index < -0.39 is 0 Å². The Labute approximate surface area is 140 Å². The average Bonchev–Trinajstić information content (AvgIpc) is 2.85. The SMILES string of the molecule is Cc1cccc(Cc2c(N)cc(C#N)n2Cc2ccccc2F)c1. The summed E-state index contributed by atoms with van der Waals surface area (Å²) in [5.41, 5.74) is 10.8. The van der Waals surface area contributed by atoms with Gasteiger partial charge in [-0.3, -0.25) is 0 Å². The van der Waals surface area contributed by atoms with Gasteiger partial charge in [-0.1, -0.05) is 48.0 Å². The minimum Gasteiger partial charge on any atom is -0.397 e. The number of nitrogen functional groups attached to an aromatic ring is 1. The smallest absolute Gasteiger partial charge is 0.128 e. The quantitative estimate of drug-likeness (QED) is 0.789. The van der Waals surface area contributed by atoms with Crippen LogP contribution in [0.25, 0.3) is 0 Å². The van der Waals surface area contributed by atoms with Crippen molar-refractivity contribution in [3.05, 3.63) is 88.5 Å². The maximum absolute atomic E-state index is 14.0. The molecular formula is C20H18FN3. The summed E-state index contributed by atoms with van der Waals surface area (Å²) >= 11 is 0. The van der Waals surface area contributed by atoms with Crippen LogP contribution >= 0.6 is 0 Å². The second-order valence-electron chi connectivity index (χ2n) is 5.89. The molecule has 0 amide bonds. The molecule has 1 aromatic heterocycles. The van der Waals surface area contributed by atoms with E-state index in [9.17, 15) is 9.65 Å². The normalized spacial score (nSPS) is 10.5. The maximum Gasteiger partial charge on any atom is 0.128 e. The number of benzene rings is 2. The second-order valence-corrected chi connectivity index (χ2v) is 5.89. The highest BCUT2D eigenvalue weighted by molar-refractivity contribution is 5.52. The summed E-state index contributed by atoms with van der Waals surface area (Å²) in [6, 6.07) is 18.6. The lowest BCUT2D eigenvalue weighted by atomic mass is 10.1. The first-order valence-electron chi connectivity index (χ1n) is 7.75. The predicted octanol–water partition coefficient (Wildman–Crippen LogP) is 4.03. The van der Waals surface area contributed by atoms with Gasteiger partial charge in [0.1, 0.15) is 17.6 Å². The molecule has 0 unspecified atom stereocenters. The van der Waals surface area contributed by atoms with Gasteiger partial charge >= 0.3 is 0 Å². The Kier molecular flexibility index (Phi) is 4.35. The van der Waals surface area contributed by atoms with Gasteiger partial charge in [0.05, 0.1) is 12.2 Å². The number of hydrogen-bond donors (Lipinski definition) is 1. The van der Waals surface area contributed by atoms with Gasteiger partial charge in [-0.25, -0.2) is 4.39 Å². The number of rotatable bonds is 4. The Morgan fingerprint density at radius 3 is 2.62 bits per heavy atom. The summed E-state index contributed by atoms with van der Waals surface area (Å²) < 4.78 is 15.8. The van der Waals surface area contributed by atoms with Crippen LogP contribution in [-0.2, 0) is 13.0 Å². The minimum atomic E-state index is -0.282. The highest BCUT2D eigenvalue weighted by atomic mass is 19.1. The standard InChI is InChI=1S/C20H18FN3/c1-14-5-4-6-15(9-14)10-20-19(23)11-17(12-22)24(20)13-16-7-2-3-8-18(16)21/h2-9,11H,10,13,23H2,1H3. The van der Waals surface area contributed by atoms with Gasteiger partial charge in [0.15, 0.2) is 0 Å². The summed E-state index contributed by atoms with van der Waals surface area (Å²) in [5, 5.41) is 9.39. The van der Waals surface area contributed by atoms with Gasteiger partial charge in [-0.2, -0.15) is 5.26 Å². The Morgan fingerprint density at radius 1 is 1.12 bits per heavy atom. The van der Waals surface area contributed by atoms with Crippen LogP contribution in [0.1, 0.15) is 28.1 Å². The van der Waals surface area contributed by atoms with Crippen LogP contribution in [0.2, 0.25) is 0 Å². The molecule has 0 aliphatic heterocycles. The van der Waals surface area contributed by atoms with E-state index in [2.05, 4.69) is 12.1 Å². The molecule has 0 aliphatic carbocycles. The van der Waals surface area contributed by atoms with Crippen LogP contribution in [0.5, 0.6) is 0 Å². The third kappa shape index (κ3) is 3.16. The number of aromatic nitrogens is 1. The molecule has 2 aromatic carbocycles. The zero-order chi connectivity index (χ0) is 17.1. The van der Waals surface area contributed by atoms with Gasteiger partial charge in [0.2, 0.25) is 0 Å². The number of nitrogens with zero attached hydrogens (tertiary/aromatic N) is 2. The Bertz CT molecular complexity index is 919. The Hall–Kier alpha value is -3.06. The first-order chi connectivity index (χ1) is 11.6. The zero-order valence-electron chi connectivity index (χ0n) is 13.5. The molecule has 4 heteroatoms. The lowest BCUT2D eigenvalue weighted by Gasteiger charge is -2.13. The number of nitriles is 1. The van der Waals surface area contributed by atoms with Crippen LogP contribution in [0.15, 0.2) is 54.6 Å². The van der Waals surface area contributed by atoms with Crippen molar-refractivity contribution in [3.8, 4) is 6.07 Å². The van der Waals surface area contributed by atoms with E-state index in [-0.39, 0.29) is 12.4 Å². The summed E-state index contributed by atoms with van der Waals surface area (Å²) in [7, 11) is 0. The molecule has 0 radical (unpaired) electrons. The monoisotopic (exact) mass is 319 g/mol. The highest BCUT2D eigenvalue weighted by Gasteiger charge is 2.15. The highest BCUT2D eigenvalue weighted by Crippen LogP contribution is 2.24. The molecule has 0 atom stereocenters. The molecular weight excluding hydrogens is 301 g/mol. The van der Waals surface area contributed by atoms with E-state index in [1.54, 1.807) is 28.8 Å². The van der Waals surface area contributed by atoms with Crippen molar-refractivity contribution < 1.29 is 4.39 Å². The van der Waals surface area contributed by atoms with Gasteiger partial charge in [0.25, 0.3) is 0 Å². The topological polar surface area (TPSA) is 54.7 Å². The third-order valence-electron chi connectivity index (χ3n) is 4.10. The lowest BCUT2D eigenvalue weighted by Crippen LogP contribution is -2.09. The number of halogens is 1. The van der Waals surface area contributed by atoms with Crippen molar-refractivity contribution >= 4 is 5.69 Å². The fourth-order valence-electron chi connectivity index (χ4n) is 2.89. The Morgan fingerprint density at radius 2 is 1.92 bits per heavy atom. The third-order valence-corrected chi connectivity index (χ3v) is 4.10. The molecule has 3 nitrogen and oxygen atoms in total. The van der Waals surface area contributed by atoms with Gasteiger partial charge < -0.3 is 10.3 Å².